The van der Waals surface area contributed by atoms with Gasteiger partial charge in [0.15, 0.2) is 4.77 Å². The average Bonchev–Trinajstić information content (AvgIpc) is 3.12. The molecular weight excluding hydrogens is 394 g/mol. The fourth-order valence-corrected chi connectivity index (χ4v) is 4.62. The Kier molecular flexibility index (Phi) is 6.71. The molecule has 0 saturated carbocycles. The molecule has 2 aromatic rings. The van der Waals surface area contributed by atoms with Crippen molar-refractivity contribution in [3.05, 3.63) is 46.5 Å². The summed E-state index contributed by atoms with van der Waals surface area (Å²) in [5.41, 5.74) is 3.68. The van der Waals surface area contributed by atoms with E-state index in [4.69, 9.17) is 12.2 Å². The number of hydrogen-bond donors (Lipinski definition) is 0. The maximum Gasteiger partial charge on any atom is 0.236 e. The van der Waals surface area contributed by atoms with Gasteiger partial charge in [-0.25, -0.2) is 0 Å². The SMILES string of the molecule is Cc1ccc(-n2ccn(CN3CCN(CC(=O)N4CCCCC4)CC3)c2=S)cc1C. The number of imidazole rings is 1. The third-order valence-corrected chi connectivity index (χ3v) is 6.93. The topological polar surface area (TPSA) is 36.6 Å². The lowest BCUT2D eigenvalue weighted by atomic mass is 10.1. The molecule has 6 nitrogen and oxygen atoms in total. The summed E-state index contributed by atoms with van der Waals surface area (Å²) >= 11 is 5.74. The molecule has 0 aliphatic carbocycles. The molecule has 30 heavy (non-hydrogen) atoms. The van der Waals surface area contributed by atoms with Gasteiger partial charge in [0.2, 0.25) is 5.91 Å². The van der Waals surface area contributed by atoms with Crippen LogP contribution in [0.3, 0.4) is 0 Å². The normalized spacial score (nSPS) is 18.7. The van der Waals surface area contributed by atoms with Gasteiger partial charge >= 0.3 is 0 Å². The van der Waals surface area contributed by atoms with E-state index in [1.807, 2.05) is 4.90 Å². The van der Waals surface area contributed by atoms with Crippen LogP contribution in [0.5, 0.6) is 0 Å². The van der Waals surface area contributed by atoms with E-state index in [-0.39, 0.29) is 0 Å². The van der Waals surface area contributed by atoms with Crippen LogP contribution in [-0.2, 0) is 11.5 Å². The van der Waals surface area contributed by atoms with Gasteiger partial charge < -0.3 is 9.47 Å². The van der Waals surface area contributed by atoms with Crippen molar-refractivity contribution < 1.29 is 4.79 Å². The minimum atomic E-state index is 0.302. The van der Waals surface area contributed by atoms with Crippen molar-refractivity contribution in [2.45, 2.75) is 39.8 Å². The molecule has 0 radical (unpaired) electrons. The minimum absolute atomic E-state index is 0.302. The number of hydrogen-bond acceptors (Lipinski definition) is 4. The maximum atomic E-state index is 12.5. The second-order valence-corrected chi connectivity index (χ2v) is 9.03. The summed E-state index contributed by atoms with van der Waals surface area (Å²) in [6, 6.07) is 6.46. The molecule has 0 atom stereocenters. The Morgan fingerprint density at radius 2 is 1.60 bits per heavy atom. The molecule has 2 saturated heterocycles. The monoisotopic (exact) mass is 427 g/mol. The highest BCUT2D eigenvalue weighted by atomic mass is 32.1. The number of piperidine rings is 1. The molecule has 1 aromatic heterocycles. The molecule has 2 aliphatic heterocycles. The van der Waals surface area contributed by atoms with E-state index in [0.717, 1.165) is 69.2 Å². The first-order valence-corrected chi connectivity index (χ1v) is 11.5. The van der Waals surface area contributed by atoms with Gasteiger partial charge in [-0.1, -0.05) is 6.07 Å². The third kappa shape index (κ3) is 4.85. The third-order valence-electron chi connectivity index (χ3n) is 6.50. The standard InChI is InChI=1S/C23H33N5OS/c1-19-6-7-21(16-20(19)2)28-15-14-27(23(28)30)18-25-12-10-24(11-13-25)17-22(29)26-8-4-3-5-9-26/h6-7,14-16H,3-5,8-13,17-18H2,1-2H3. The van der Waals surface area contributed by atoms with Crippen molar-refractivity contribution in [1.29, 1.82) is 0 Å². The maximum absolute atomic E-state index is 12.5. The van der Waals surface area contributed by atoms with Gasteiger partial charge in [-0.2, -0.15) is 0 Å². The predicted octanol–water partition coefficient (Wildman–Crippen LogP) is 3.21. The van der Waals surface area contributed by atoms with Crippen LogP contribution in [0.1, 0.15) is 30.4 Å². The van der Waals surface area contributed by atoms with Crippen LogP contribution in [-0.4, -0.2) is 75.6 Å². The number of rotatable bonds is 5. The van der Waals surface area contributed by atoms with Gasteiger partial charge in [0.05, 0.1) is 13.2 Å². The fourth-order valence-electron chi connectivity index (χ4n) is 4.33. The number of carbonyl (C=O) groups is 1. The number of piperazine rings is 1. The summed E-state index contributed by atoms with van der Waals surface area (Å²) < 4.78 is 5.04. The minimum Gasteiger partial charge on any atom is -0.342 e. The Labute approximate surface area is 184 Å². The first kappa shape index (κ1) is 21.3. The van der Waals surface area contributed by atoms with Crippen molar-refractivity contribution in [3.8, 4) is 5.69 Å². The van der Waals surface area contributed by atoms with Gasteiger partial charge in [0.1, 0.15) is 0 Å². The number of carbonyl (C=O) groups excluding carboxylic acids is 1. The second-order valence-electron chi connectivity index (χ2n) is 8.67. The average molecular weight is 428 g/mol. The Bertz CT molecular complexity index is 935. The molecule has 0 N–H and O–H groups in total. The zero-order chi connectivity index (χ0) is 21.1. The van der Waals surface area contributed by atoms with Crippen LogP contribution in [0.15, 0.2) is 30.6 Å². The quantitative estimate of drug-likeness (QED) is 0.687. The largest absolute Gasteiger partial charge is 0.342 e. The zero-order valence-electron chi connectivity index (χ0n) is 18.2. The number of aromatic nitrogens is 2. The van der Waals surface area contributed by atoms with Crippen LogP contribution in [0, 0.1) is 18.6 Å². The van der Waals surface area contributed by atoms with E-state index in [9.17, 15) is 4.79 Å². The number of likely N-dealkylation sites (tertiary alicyclic amines) is 1. The summed E-state index contributed by atoms with van der Waals surface area (Å²) in [5, 5.41) is 0. The van der Waals surface area contributed by atoms with Crippen LogP contribution in [0.25, 0.3) is 5.69 Å². The van der Waals surface area contributed by atoms with Gasteiger partial charge in [0, 0.05) is 57.3 Å². The predicted molar refractivity (Wildman–Crippen MR) is 123 cm³/mol. The summed E-state index contributed by atoms with van der Waals surface area (Å²) in [5.74, 6) is 0.302. The van der Waals surface area contributed by atoms with Gasteiger partial charge in [0.25, 0.3) is 0 Å². The molecule has 1 amide bonds. The highest BCUT2D eigenvalue weighted by Gasteiger charge is 2.23. The summed E-state index contributed by atoms with van der Waals surface area (Å²) in [4.78, 5) is 19.3. The van der Waals surface area contributed by atoms with Crippen LogP contribution in [0.2, 0.25) is 0 Å². The van der Waals surface area contributed by atoms with Crippen LogP contribution < -0.4 is 0 Å². The van der Waals surface area contributed by atoms with E-state index in [2.05, 4.69) is 63.4 Å². The number of aryl methyl sites for hydroxylation is 2. The van der Waals surface area contributed by atoms with E-state index < -0.39 is 0 Å². The molecule has 7 heteroatoms. The van der Waals surface area contributed by atoms with E-state index in [1.54, 1.807) is 0 Å². The molecule has 0 spiro atoms. The van der Waals surface area contributed by atoms with Gasteiger partial charge in [-0.05, 0) is 68.6 Å². The second kappa shape index (κ2) is 9.45. The summed E-state index contributed by atoms with van der Waals surface area (Å²) in [6.07, 6.45) is 7.70. The molecule has 1 aromatic carbocycles. The summed E-state index contributed by atoms with van der Waals surface area (Å²) in [7, 11) is 0. The lowest BCUT2D eigenvalue weighted by Gasteiger charge is -2.36. The van der Waals surface area contributed by atoms with Crippen molar-refractivity contribution in [1.82, 2.24) is 23.8 Å². The van der Waals surface area contributed by atoms with Crippen molar-refractivity contribution >= 4 is 18.1 Å². The summed E-state index contributed by atoms with van der Waals surface area (Å²) in [6.45, 7) is 11.3. The van der Waals surface area contributed by atoms with Crippen LogP contribution >= 0.6 is 12.2 Å². The molecule has 4 rings (SSSR count). The molecule has 162 valence electrons. The molecule has 3 heterocycles. The van der Waals surface area contributed by atoms with Crippen molar-refractivity contribution in [2.75, 3.05) is 45.8 Å². The van der Waals surface area contributed by atoms with Gasteiger partial charge in [-0.15, -0.1) is 0 Å². The zero-order valence-corrected chi connectivity index (χ0v) is 19.0. The molecule has 2 fully saturated rings. The highest BCUT2D eigenvalue weighted by molar-refractivity contribution is 7.71. The van der Waals surface area contributed by atoms with E-state index in [1.165, 1.54) is 17.5 Å². The molecule has 0 unspecified atom stereocenters. The fraction of sp³-hybridized carbons (Fsp3) is 0.565. The Balaban J connectivity index is 1.31. The first-order chi connectivity index (χ1) is 14.5. The number of nitrogens with zero attached hydrogens (tertiary/aromatic N) is 5. The Morgan fingerprint density at radius 3 is 2.30 bits per heavy atom. The van der Waals surface area contributed by atoms with Crippen LogP contribution in [0.4, 0.5) is 0 Å². The van der Waals surface area contributed by atoms with Crippen molar-refractivity contribution in [3.63, 3.8) is 0 Å². The lowest BCUT2D eigenvalue weighted by molar-refractivity contribution is -0.133. The van der Waals surface area contributed by atoms with Crippen molar-refractivity contribution in [2.24, 2.45) is 0 Å². The highest BCUT2D eigenvalue weighted by Crippen LogP contribution is 2.16. The molecular formula is C23H33N5OS. The molecule has 0 bridgehead atoms. The van der Waals surface area contributed by atoms with Gasteiger partial charge in [-0.3, -0.25) is 19.2 Å². The number of amides is 1. The number of benzene rings is 1. The van der Waals surface area contributed by atoms with E-state index >= 15 is 0 Å². The molecule has 2 aliphatic rings. The Hall–Kier alpha value is -1.96. The smallest absolute Gasteiger partial charge is 0.236 e. The lowest BCUT2D eigenvalue weighted by Crippen LogP contribution is -2.50. The van der Waals surface area contributed by atoms with E-state index in [0.29, 0.717) is 12.5 Å². The Morgan fingerprint density at radius 1 is 0.900 bits per heavy atom. The first-order valence-electron chi connectivity index (χ1n) is 11.1.